The van der Waals surface area contributed by atoms with Crippen molar-refractivity contribution < 1.29 is 9.90 Å². The number of carbonyl (C=O) groups excluding carboxylic acids is 1. The van der Waals surface area contributed by atoms with Gasteiger partial charge in [-0.25, -0.2) is 0 Å². The molecule has 1 aromatic rings. The lowest BCUT2D eigenvalue weighted by Crippen LogP contribution is -1.93. The fourth-order valence-electron chi connectivity index (χ4n) is 0.885. The molecule has 0 aliphatic rings. The first kappa shape index (κ1) is 9.26. The van der Waals surface area contributed by atoms with Gasteiger partial charge in [-0.15, -0.1) is 0 Å². The van der Waals surface area contributed by atoms with Crippen LogP contribution < -0.4 is 0 Å². The molecule has 1 atom stereocenters. The van der Waals surface area contributed by atoms with E-state index in [4.69, 9.17) is 5.11 Å². The lowest BCUT2D eigenvalue weighted by atomic mass is 10.0. The van der Waals surface area contributed by atoms with Gasteiger partial charge in [0.05, 0.1) is 4.47 Å². The van der Waals surface area contributed by atoms with Crippen molar-refractivity contribution in [1.82, 2.24) is 0 Å². The van der Waals surface area contributed by atoms with E-state index in [-0.39, 0.29) is 11.7 Å². The van der Waals surface area contributed by atoms with Crippen LogP contribution in [0.15, 0.2) is 22.7 Å². The first-order chi connectivity index (χ1) is 5.65. The zero-order valence-electron chi connectivity index (χ0n) is 6.62. The second-order valence-electron chi connectivity index (χ2n) is 2.64. The van der Waals surface area contributed by atoms with E-state index in [1.54, 1.807) is 18.2 Å². The van der Waals surface area contributed by atoms with Gasteiger partial charge in [0.15, 0.2) is 0 Å². The minimum absolute atomic E-state index is 0.123. The van der Waals surface area contributed by atoms with Crippen molar-refractivity contribution in [2.24, 2.45) is 0 Å². The molecule has 12 heavy (non-hydrogen) atoms. The predicted octanol–water partition coefficient (Wildman–Crippen LogP) is 2.46. The minimum atomic E-state index is -0.123. The van der Waals surface area contributed by atoms with Gasteiger partial charge in [-0.3, -0.25) is 0 Å². The van der Waals surface area contributed by atoms with Crippen LogP contribution in [0.5, 0.6) is 5.75 Å². The van der Waals surface area contributed by atoms with E-state index in [1.807, 2.05) is 6.92 Å². The topological polar surface area (TPSA) is 37.3 Å². The van der Waals surface area contributed by atoms with Crippen molar-refractivity contribution in [2.75, 3.05) is 0 Å². The highest BCUT2D eigenvalue weighted by Crippen LogP contribution is 2.26. The van der Waals surface area contributed by atoms with Crippen LogP contribution in [-0.2, 0) is 4.79 Å². The molecule has 0 saturated carbocycles. The van der Waals surface area contributed by atoms with E-state index in [9.17, 15) is 4.79 Å². The first-order valence-corrected chi connectivity index (χ1v) is 4.38. The Morgan fingerprint density at radius 2 is 2.25 bits per heavy atom. The summed E-state index contributed by atoms with van der Waals surface area (Å²) in [4.78, 5) is 10.4. The molecule has 1 rings (SSSR count). The van der Waals surface area contributed by atoms with E-state index in [2.05, 4.69) is 15.9 Å². The third-order valence-electron chi connectivity index (χ3n) is 1.70. The van der Waals surface area contributed by atoms with Crippen LogP contribution in [0.2, 0.25) is 0 Å². The number of phenolic OH excluding ortho intramolecular Hbond substituents is 1. The molecule has 0 bridgehead atoms. The third kappa shape index (κ3) is 1.85. The summed E-state index contributed by atoms with van der Waals surface area (Å²) in [5.41, 5.74) is 0.898. The Morgan fingerprint density at radius 1 is 1.58 bits per heavy atom. The van der Waals surface area contributed by atoms with Crippen molar-refractivity contribution in [3.8, 4) is 5.75 Å². The number of carbonyl (C=O) groups is 1. The maximum atomic E-state index is 10.4. The van der Waals surface area contributed by atoms with Gasteiger partial charge in [0, 0.05) is 5.92 Å². The van der Waals surface area contributed by atoms with Crippen molar-refractivity contribution in [3.63, 3.8) is 0 Å². The number of phenols is 1. The fraction of sp³-hybridized carbons (Fsp3) is 0.222. The molecule has 2 nitrogen and oxygen atoms in total. The summed E-state index contributed by atoms with van der Waals surface area (Å²) in [6.45, 7) is 1.81. The van der Waals surface area contributed by atoms with E-state index in [0.29, 0.717) is 4.47 Å². The highest BCUT2D eigenvalue weighted by atomic mass is 79.9. The predicted molar refractivity (Wildman–Crippen MR) is 50.3 cm³/mol. The van der Waals surface area contributed by atoms with Crippen LogP contribution in [0.25, 0.3) is 0 Å². The van der Waals surface area contributed by atoms with Crippen LogP contribution in [0.1, 0.15) is 18.4 Å². The largest absolute Gasteiger partial charge is 0.507 e. The number of benzene rings is 1. The van der Waals surface area contributed by atoms with E-state index in [0.717, 1.165) is 11.8 Å². The van der Waals surface area contributed by atoms with Gasteiger partial charge >= 0.3 is 0 Å². The summed E-state index contributed by atoms with van der Waals surface area (Å²) in [6.07, 6.45) is 0.874. The Labute approximate surface area is 79.3 Å². The maximum Gasteiger partial charge on any atom is 0.129 e. The smallest absolute Gasteiger partial charge is 0.129 e. The summed E-state index contributed by atoms with van der Waals surface area (Å²) in [6, 6.07) is 5.05. The van der Waals surface area contributed by atoms with E-state index in [1.165, 1.54) is 0 Å². The number of aldehydes is 1. The molecule has 3 heteroatoms. The van der Waals surface area contributed by atoms with Gasteiger partial charge in [0.25, 0.3) is 0 Å². The monoisotopic (exact) mass is 228 g/mol. The zero-order chi connectivity index (χ0) is 9.14. The Bertz CT molecular complexity index is 297. The molecule has 0 amide bonds. The van der Waals surface area contributed by atoms with Gasteiger partial charge in [-0.1, -0.05) is 13.0 Å². The molecule has 0 saturated heterocycles. The quantitative estimate of drug-likeness (QED) is 0.791. The summed E-state index contributed by atoms with van der Waals surface area (Å²) >= 11 is 3.18. The summed E-state index contributed by atoms with van der Waals surface area (Å²) in [5, 5.41) is 9.16. The summed E-state index contributed by atoms with van der Waals surface area (Å²) in [7, 11) is 0. The fourth-order valence-corrected chi connectivity index (χ4v) is 1.28. The third-order valence-corrected chi connectivity index (χ3v) is 2.34. The van der Waals surface area contributed by atoms with Crippen molar-refractivity contribution in [3.05, 3.63) is 28.2 Å². The van der Waals surface area contributed by atoms with Crippen LogP contribution in [-0.4, -0.2) is 11.4 Å². The zero-order valence-corrected chi connectivity index (χ0v) is 8.21. The Balaban J connectivity index is 3.04. The highest BCUT2D eigenvalue weighted by Gasteiger charge is 2.05. The Hall–Kier alpha value is -0.830. The molecule has 1 N–H and O–H groups in total. The van der Waals surface area contributed by atoms with Crippen molar-refractivity contribution in [1.29, 1.82) is 0 Å². The average molecular weight is 229 g/mol. The van der Waals surface area contributed by atoms with E-state index >= 15 is 0 Å². The Morgan fingerprint density at radius 3 is 2.75 bits per heavy atom. The molecule has 0 aliphatic carbocycles. The van der Waals surface area contributed by atoms with Gasteiger partial charge < -0.3 is 9.90 Å². The second kappa shape index (κ2) is 3.72. The molecule has 0 heterocycles. The van der Waals surface area contributed by atoms with Gasteiger partial charge in [-0.05, 0) is 33.6 Å². The number of rotatable bonds is 2. The number of halogens is 1. The molecule has 0 aromatic heterocycles. The molecule has 0 spiro atoms. The number of aromatic hydroxyl groups is 1. The van der Waals surface area contributed by atoms with Crippen LogP contribution in [0.3, 0.4) is 0 Å². The summed E-state index contributed by atoms with van der Waals surface area (Å²) < 4.78 is 0.619. The lowest BCUT2D eigenvalue weighted by Gasteiger charge is -2.04. The Kier molecular flexibility index (Phi) is 2.87. The highest BCUT2D eigenvalue weighted by molar-refractivity contribution is 9.10. The first-order valence-electron chi connectivity index (χ1n) is 3.59. The van der Waals surface area contributed by atoms with Crippen LogP contribution in [0.4, 0.5) is 0 Å². The molecule has 1 aromatic carbocycles. The SMILES string of the molecule is CC(C=O)c1ccc(O)c(Br)c1. The normalized spacial score (nSPS) is 12.5. The summed E-state index contributed by atoms with van der Waals surface area (Å²) in [5.74, 6) is 0.0683. The molecular formula is C9H9BrO2. The molecule has 64 valence electrons. The standard InChI is InChI=1S/C9H9BrO2/c1-6(5-11)7-2-3-9(12)8(10)4-7/h2-6,12H,1H3. The lowest BCUT2D eigenvalue weighted by molar-refractivity contribution is -0.108. The number of hydrogen-bond acceptors (Lipinski definition) is 2. The van der Waals surface area contributed by atoms with Gasteiger partial charge in [0.1, 0.15) is 12.0 Å². The molecule has 0 radical (unpaired) electrons. The second-order valence-corrected chi connectivity index (χ2v) is 3.49. The molecular weight excluding hydrogens is 220 g/mol. The maximum absolute atomic E-state index is 10.4. The van der Waals surface area contributed by atoms with Crippen LogP contribution in [0, 0.1) is 0 Å². The number of hydrogen-bond donors (Lipinski definition) is 1. The molecule has 1 unspecified atom stereocenters. The van der Waals surface area contributed by atoms with E-state index < -0.39 is 0 Å². The molecule has 0 aliphatic heterocycles. The molecule has 0 fully saturated rings. The van der Waals surface area contributed by atoms with Crippen LogP contribution >= 0.6 is 15.9 Å². The van der Waals surface area contributed by atoms with Crippen molar-refractivity contribution >= 4 is 22.2 Å². The average Bonchev–Trinajstić information content (AvgIpc) is 2.08. The minimum Gasteiger partial charge on any atom is -0.507 e. The van der Waals surface area contributed by atoms with Crippen molar-refractivity contribution in [2.45, 2.75) is 12.8 Å². The van der Waals surface area contributed by atoms with Gasteiger partial charge in [0.2, 0.25) is 0 Å². The van der Waals surface area contributed by atoms with Gasteiger partial charge in [-0.2, -0.15) is 0 Å².